The molecule has 0 atom stereocenters. The minimum atomic E-state index is -0.229. The highest BCUT2D eigenvalue weighted by atomic mass is 16.2. The zero-order valence-electron chi connectivity index (χ0n) is 8.00. The van der Waals surface area contributed by atoms with Gasteiger partial charge in [0.05, 0.1) is 0 Å². The molecule has 14 heavy (non-hydrogen) atoms. The Kier molecular flexibility index (Phi) is 2.09. The van der Waals surface area contributed by atoms with Crippen molar-refractivity contribution < 1.29 is 4.79 Å². The summed E-state index contributed by atoms with van der Waals surface area (Å²) in [6.45, 7) is 2.06. The van der Waals surface area contributed by atoms with E-state index in [1.807, 2.05) is 18.2 Å². The highest BCUT2D eigenvalue weighted by Crippen LogP contribution is 2.27. The molecule has 2 rings (SSSR count). The van der Waals surface area contributed by atoms with Crippen LogP contribution in [-0.4, -0.2) is 5.91 Å². The maximum Gasteiger partial charge on any atom is 0.265 e. The lowest BCUT2D eigenvalue weighted by atomic mass is 10.0. The molecule has 3 N–H and O–H groups in total. The van der Waals surface area contributed by atoms with E-state index in [-0.39, 0.29) is 5.91 Å². The van der Waals surface area contributed by atoms with Crippen LogP contribution in [0, 0.1) is 0 Å². The average molecular weight is 188 g/mol. The van der Waals surface area contributed by atoms with Crippen LogP contribution in [0.1, 0.15) is 28.4 Å². The predicted molar refractivity (Wildman–Crippen MR) is 55.5 cm³/mol. The Balaban J connectivity index is 2.53. The van der Waals surface area contributed by atoms with Gasteiger partial charge in [0, 0.05) is 5.56 Å². The number of nitrogen functional groups attached to an aromatic ring is 1. The monoisotopic (exact) mass is 188 g/mol. The second-order valence-corrected chi connectivity index (χ2v) is 3.52. The van der Waals surface area contributed by atoms with Gasteiger partial charge in [-0.3, -0.25) is 10.2 Å². The van der Waals surface area contributed by atoms with Crippen molar-refractivity contribution in [3.05, 3.63) is 40.5 Å². The molecule has 3 nitrogen and oxygen atoms in total. The summed E-state index contributed by atoms with van der Waals surface area (Å²) in [6, 6.07) is 5.71. The maximum absolute atomic E-state index is 11.4. The van der Waals surface area contributed by atoms with Crippen LogP contribution in [0.2, 0.25) is 0 Å². The summed E-state index contributed by atoms with van der Waals surface area (Å²) in [7, 11) is 0. The van der Waals surface area contributed by atoms with Crippen molar-refractivity contribution in [2.45, 2.75) is 13.3 Å². The topological polar surface area (TPSA) is 55.1 Å². The summed E-state index contributed by atoms with van der Waals surface area (Å²) in [6.07, 6.45) is 2.97. The first-order valence-electron chi connectivity index (χ1n) is 4.52. The van der Waals surface area contributed by atoms with E-state index in [2.05, 4.69) is 12.3 Å². The number of fused-ring (bicyclic) bond motifs is 1. The normalized spacial score (nSPS) is 13.4. The zero-order valence-corrected chi connectivity index (χ0v) is 8.00. The van der Waals surface area contributed by atoms with Gasteiger partial charge in [-0.1, -0.05) is 23.8 Å². The number of nitrogens with one attached hydrogen (secondary N) is 1. The summed E-state index contributed by atoms with van der Waals surface area (Å²) in [5.74, 6) is 4.88. The molecular weight excluding hydrogens is 176 g/mol. The number of rotatable bonds is 1. The quantitative estimate of drug-likeness (QED) is 0.396. The van der Waals surface area contributed by atoms with Gasteiger partial charge < -0.3 is 0 Å². The van der Waals surface area contributed by atoms with Crippen LogP contribution < -0.4 is 11.3 Å². The predicted octanol–water partition coefficient (Wildman–Crippen LogP) is 1.25. The SMILES string of the molecule is CC1=Cc2c(cccc2C(=O)NN)C1. The highest BCUT2D eigenvalue weighted by Gasteiger charge is 2.16. The first-order chi connectivity index (χ1) is 6.72. The van der Waals surface area contributed by atoms with E-state index in [4.69, 9.17) is 5.84 Å². The molecule has 0 spiro atoms. The molecule has 1 aliphatic rings. The van der Waals surface area contributed by atoms with Crippen LogP contribution in [0.4, 0.5) is 0 Å². The summed E-state index contributed by atoms with van der Waals surface area (Å²) in [5, 5.41) is 0. The van der Waals surface area contributed by atoms with E-state index in [1.54, 1.807) is 6.07 Å². The van der Waals surface area contributed by atoms with Crippen molar-refractivity contribution in [2.24, 2.45) is 5.84 Å². The molecule has 1 aromatic rings. The number of hydrogen-bond acceptors (Lipinski definition) is 2. The lowest BCUT2D eigenvalue weighted by Crippen LogP contribution is -2.30. The molecular formula is C11H12N2O. The second kappa shape index (κ2) is 3.27. The van der Waals surface area contributed by atoms with Gasteiger partial charge in [0.1, 0.15) is 0 Å². The molecule has 1 amide bonds. The number of amides is 1. The Morgan fingerprint density at radius 3 is 3.00 bits per heavy atom. The lowest BCUT2D eigenvalue weighted by molar-refractivity contribution is 0.0953. The maximum atomic E-state index is 11.4. The Morgan fingerprint density at radius 1 is 1.50 bits per heavy atom. The van der Waals surface area contributed by atoms with E-state index < -0.39 is 0 Å². The number of hydrazine groups is 1. The van der Waals surface area contributed by atoms with Gasteiger partial charge in [-0.15, -0.1) is 0 Å². The third-order valence-electron chi connectivity index (χ3n) is 2.43. The molecule has 0 bridgehead atoms. The van der Waals surface area contributed by atoms with Crippen molar-refractivity contribution >= 4 is 12.0 Å². The zero-order chi connectivity index (χ0) is 10.1. The molecule has 1 aliphatic carbocycles. The van der Waals surface area contributed by atoms with Crippen molar-refractivity contribution in [1.82, 2.24) is 5.43 Å². The summed E-state index contributed by atoms with van der Waals surface area (Å²) in [5.41, 5.74) is 6.29. The number of hydrogen-bond donors (Lipinski definition) is 2. The minimum Gasteiger partial charge on any atom is -0.290 e. The molecule has 0 aliphatic heterocycles. The third kappa shape index (κ3) is 1.32. The summed E-state index contributed by atoms with van der Waals surface area (Å²) >= 11 is 0. The smallest absolute Gasteiger partial charge is 0.265 e. The van der Waals surface area contributed by atoms with Crippen LogP contribution in [0.25, 0.3) is 6.08 Å². The molecule has 0 unspecified atom stereocenters. The second-order valence-electron chi connectivity index (χ2n) is 3.52. The lowest BCUT2D eigenvalue weighted by Gasteiger charge is -2.05. The van der Waals surface area contributed by atoms with Crippen LogP contribution in [0.3, 0.4) is 0 Å². The fraction of sp³-hybridized carbons (Fsp3) is 0.182. The Morgan fingerprint density at radius 2 is 2.29 bits per heavy atom. The van der Waals surface area contributed by atoms with E-state index in [0.717, 1.165) is 12.0 Å². The third-order valence-corrected chi connectivity index (χ3v) is 2.43. The van der Waals surface area contributed by atoms with Gasteiger partial charge in [0.25, 0.3) is 5.91 Å². The number of carbonyl (C=O) groups is 1. The first-order valence-corrected chi connectivity index (χ1v) is 4.52. The molecule has 1 aromatic carbocycles. The molecule has 0 saturated carbocycles. The molecule has 0 heterocycles. The number of carbonyl (C=O) groups excluding carboxylic acids is 1. The van der Waals surface area contributed by atoms with Gasteiger partial charge in [-0.05, 0) is 30.5 Å². The Bertz CT molecular complexity index is 421. The first kappa shape index (κ1) is 8.97. The van der Waals surface area contributed by atoms with E-state index >= 15 is 0 Å². The Labute approximate surface area is 82.6 Å². The fourth-order valence-electron chi connectivity index (χ4n) is 1.81. The van der Waals surface area contributed by atoms with Gasteiger partial charge in [-0.2, -0.15) is 0 Å². The van der Waals surface area contributed by atoms with E-state index in [0.29, 0.717) is 5.56 Å². The standard InChI is InChI=1S/C11H12N2O/c1-7-5-8-3-2-4-9(10(8)6-7)11(14)13-12/h2-4,6H,5,12H2,1H3,(H,13,14). The van der Waals surface area contributed by atoms with Crippen LogP contribution in [0.5, 0.6) is 0 Å². The number of nitrogens with two attached hydrogens (primary N) is 1. The molecule has 0 fully saturated rings. The van der Waals surface area contributed by atoms with E-state index in [1.165, 1.54) is 11.1 Å². The van der Waals surface area contributed by atoms with Crippen molar-refractivity contribution in [3.8, 4) is 0 Å². The Hall–Kier alpha value is -1.61. The molecule has 3 heteroatoms. The van der Waals surface area contributed by atoms with Gasteiger partial charge in [0.15, 0.2) is 0 Å². The highest BCUT2D eigenvalue weighted by molar-refractivity contribution is 5.98. The van der Waals surface area contributed by atoms with Gasteiger partial charge >= 0.3 is 0 Å². The fourth-order valence-corrected chi connectivity index (χ4v) is 1.81. The molecule has 72 valence electrons. The largest absolute Gasteiger partial charge is 0.290 e. The van der Waals surface area contributed by atoms with Crippen LogP contribution in [-0.2, 0) is 6.42 Å². The van der Waals surface area contributed by atoms with Crippen molar-refractivity contribution in [2.75, 3.05) is 0 Å². The van der Waals surface area contributed by atoms with Gasteiger partial charge in [0.2, 0.25) is 0 Å². The number of benzene rings is 1. The van der Waals surface area contributed by atoms with Gasteiger partial charge in [-0.25, -0.2) is 5.84 Å². The molecule has 0 aromatic heterocycles. The summed E-state index contributed by atoms with van der Waals surface area (Å²) in [4.78, 5) is 11.4. The van der Waals surface area contributed by atoms with Crippen molar-refractivity contribution in [1.29, 1.82) is 0 Å². The van der Waals surface area contributed by atoms with Crippen LogP contribution >= 0.6 is 0 Å². The van der Waals surface area contributed by atoms with Crippen molar-refractivity contribution in [3.63, 3.8) is 0 Å². The molecule has 0 saturated heterocycles. The minimum absolute atomic E-state index is 0.229. The van der Waals surface area contributed by atoms with E-state index in [9.17, 15) is 4.79 Å². The average Bonchev–Trinajstić information content (AvgIpc) is 2.56. The number of allylic oxidation sites excluding steroid dienone is 1. The molecule has 0 radical (unpaired) electrons. The van der Waals surface area contributed by atoms with Crippen LogP contribution in [0.15, 0.2) is 23.8 Å². The summed E-state index contributed by atoms with van der Waals surface area (Å²) < 4.78 is 0.